The van der Waals surface area contributed by atoms with Gasteiger partial charge in [0.15, 0.2) is 11.4 Å². The van der Waals surface area contributed by atoms with Crippen molar-refractivity contribution >= 4 is 47.0 Å². The van der Waals surface area contributed by atoms with Gasteiger partial charge < -0.3 is 24.8 Å². The molecule has 0 bridgehead atoms. The van der Waals surface area contributed by atoms with Crippen LogP contribution < -0.4 is 16.0 Å². The summed E-state index contributed by atoms with van der Waals surface area (Å²) >= 11 is 6.04. The highest BCUT2D eigenvalue weighted by Gasteiger charge is 2.49. The van der Waals surface area contributed by atoms with Crippen LogP contribution in [0.5, 0.6) is 0 Å². The summed E-state index contributed by atoms with van der Waals surface area (Å²) in [5, 5.41) is 16.1. The summed E-state index contributed by atoms with van der Waals surface area (Å²) in [7, 11) is 1.48. The fraction of sp³-hybridized carbons (Fsp3) is 0.385. The lowest BCUT2D eigenvalue weighted by atomic mass is 9.82. The number of piperidine rings is 1. The van der Waals surface area contributed by atoms with Crippen molar-refractivity contribution in [3.8, 4) is 0 Å². The van der Waals surface area contributed by atoms with E-state index in [9.17, 15) is 19.2 Å². The maximum Gasteiger partial charge on any atom is 0.412 e. The van der Waals surface area contributed by atoms with Gasteiger partial charge in [0.05, 0.1) is 28.9 Å². The van der Waals surface area contributed by atoms with E-state index in [1.54, 1.807) is 6.92 Å². The van der Waals surface area contributed by atoms with E-state index in [0.717, 1.165) is 0 Å². The molecule has 4 rings (SSSR count). The minimum atomic E-state index is -1.45. The van der Waals surface area contributed by atoms with Crippen molar-refractivity contribution in [2.75, 3.05) is 30.8 Å². The Morgan fingerprint density at radius 2 is 1.97 bits per heavy atom. The normalized spacial score (nSPS) is 19.8. The van der Waals surface area contributed by atoms with Gasteiger partial charge in [0.2, 0.25) is 5.91 Å². The van der Waals surface area contributed by atoms with Gasteiger partial charge in [0.25, 0.3) is 5.91 Å². The second-order valence-electron chi connectivity index (χ2n) is 9.47. The van der Waals surface area contributed by atoms with E-state index in [1.165, 1.54) is 48.4 Å². The highest BCUT2D eigenvalue weighted by molar-refractivity contribution is 6.31. The average molecular weight is 563 g/mol. The smallest absolute Gasteiger partial charge is 0.412 e. The van der Waals surface area contributed by atoms with Crippen LogP contribution >= 0.6 is 11.6 Å². The number of ether oxygens (including phenoxy) is 2. The molecule has 0 unspecified atom stereocenters. The highest BCUT2D eigenvalue weighted by atomic mass is 35.5. The first-order valence-corrected chi connectivity index (χ1v) is 12.6. The lowest BCUT2D eigenvalue weighted by Crippen LogP contribution is -2.57. The third-order valence-electron chi connectivity index (χ3n) is 6.81. The largest absolute Gasteiger partial charge is 0.465 e. The number of halogens is 2. The molecule has 2 heterocycles. The van der Waals surface area contributed by atoms with Gasteiger partial charge in [-0.1, -0.05) is 11.6 Å². The molecule has 0 aromatic heterocycles. The number of carboxylic acid groups (broad SMARTS) is 1. The molecule has 2 aromatic carbocycles. The molecule has 1 spiro atoms. The number of hydrogen-bond donors (Lipinski definition) is 4. The Balaban J connectivity index is 1.58. The maximum atomic E-state index is 15.2. The third kappa shape index (κ3) is 6.07. The number of amides is 4. The monoisotopic (exact) mass is 562 g/mol. The van der Waals surface area contributed by atoms with Gasteiger partial charge in [0, 0.05) is 31.3 Å². The Morgan fingerprint density at radius 3 is 2.64 bits per heavy atom. The van der Waals surface area contributed by atoms with Crippen LogP contribution in [0.1, 0.15) is 42.1 Å². The Bertz CT molecular complexity index is 1290. The van der Waals surface area contributed by atoms with Crippen molar-refractivity contribution < 1.29 is 38.1 Å². The van der Waals surface area contributed by atoms with Crippen molar-refractivity contribution in [3.63, 3.8) is 0 Å². The Kier molecular flexibility index (Phi) is 8.26. The van der Waals surface area contributed by atoms with Gasteiger partial charge in [-0.15, -0.1) is 0 Å². The molecule has 3 atom stereocenters. The molecular weight excluding hydrogens is 535 g/mol. The summed E-state index contributed by atoms with van der Waals surface area (Å²) in [5.74, 6) is -1.74. The third-order valence-corrected chi connectivity index (χ3v) is 7.11. The fourth-order valence-electron chi connectivity index (χ4n) is 4.90. The molecule has 0 aliphatic carbocycles. The number of carbonyl (C=O) groups excluding carboxylic acids is 3. The number of nitrogens with zero attached hydrogens (tertiary/aromatic N) is 1. The van der Waals surface area contributed by atoms with Crippen LogP contribution in [0.3, 0.4) is 0 Å². The van der Waals surface area contributed by atoms with Crippen LogP contribution in [0.15, 0.2) is 36.4 Å². The minimum Gasteiger partial charge on any atom is -0.465 e. The molecular formula is C26H28ClFN4O7. The zero-order valence-corrected chi connectivity index (χ0v) is 22.0. The van der Waals surface area contributed by atoms with Gasteiger partial charge >= 0.3 is 12.2 Å². The number of carbonyl (C=O) groups is 4. The standard InChI is InChI=1S/C26H28ClFN4O7/c1-14(38-2)12-19(30-22(33)15-4-6-16(7-5-15)29-24(35)36)23(34)32-11-3-10-26(13-32)20-18(31-25(37)39-26)9-8-17(27)21(20)28/h4-9,14,19,29H,3,10-13H2,1-2H3,(H,30,33)(H,31,37)(H,35,36)/t14-,19-,26+/m1/s1. The predicted octanol–water partition coefficient (Wildman–Crippen LogP) is 4.17. The first kappa shape index (κ1) is 28.1. The van der Waals surface area contributed by atoms with Crippen molar-refractivity contribution in [1.29, 1.82) is 0 Å². The van der Waals surface area contributed by atoms with Gasteiger partial charge in [-0.25, -0.2) is 14.0 Å². The molecule has 2 aromatic rings. The van der Waals surface area contributed by atoms with E-state index < -0.39 is 47.6 Å². The molecule has 4 N–H and O–H groups in total. The summed E-state index contributed by atoms with van der Waals surface area (Å²) in [5.41, 5.74) is -0.659. The molecule has 1 saturated heterocycles. The van der Waals surface area contributed by atoms with Gasteiger partial charge in [0.1, 0.15) is 6.04 Å². The Hall–Kier alpha value is -3.90. The number of anilines is 2. The molecule has 39 heavy (non-hydrogen) atoms. The van der Waals surface area contributed by atoms with E-state index in [0.29, 0.717) is 13.0 Å². The predicted molar refractivity (Wildman–Crippen MR) is 139 cm³/mol. The molecule has 208 valence electrons. The first-order valence-electron chi connectivity index (χ1n) is 12.2. The maximum absolute atomic E-state index is 15.2. The Morgan fingerprint density at radius 1 is 1.26 bits per heavy atom. The van der Waals surface area contributed by atoms with Crippen LogP contribution in [-0.4, -0.2) is 66.4 Å². The van der Waals surface area contributed by atoms with Crippen molar-refractivity contribution in [1.82, 2.24) is 10.2 Å². The van der Waals surface area contributed by atoms with Gasteiger partial charge in [-0.3, -0.25) is 20.2 Å². The average Bonchev–Trinajstić information content (AvgIpc) is 2.89. The van der Waals surface area contributed by atoms with E-state index >= 15 is 4.39 Å². The first-order chi connectivity index (χ1) is 18.5. The zero-order chi connectivity index (χ0) is 28.3. The summed E-state index contributed by atoms with van der Waals surface area (Å²) in [4.78, 5) is 51.4. The van der Waals surface area contributed by atoms with Crippen LogP contribution in [0, 0.1) is 5.82 Å². The van der Waals surface area contributed by atoms with Crippen LogP contribution in [0.2, 0.25) is 5.02 Å². The number of likely N-dealkylation sites (tertiary alicyclic amines) is 1. The van der Waals surface area contributed by atoms with Crippen molar-refractivity contribution in [3.05, 3.63) is 58.4 Å². The van der Waals surface area contributed by atoms with Crippen LogP contribution in [0.25, 0.3) is 0 Å². The summed E-state index contributed by atoms with van der Waals surface area (Å²) in [6, 6.07) is 7.52. The lowest BCUT2D eigenvalue weighted by molar-refractivity contribution is -0.142. The number of hydrogen-bond acceptors (Lipinski definition) is 6. The van der Waals surface area contributed by atoms with Gasteiger partial charge in [-0.2, -0.15) is 0 Å². The molecule has 2 aliphatic heterocycles. The van der Waals surface area contributed by atoms with Gasteiger partial charge in [-0.05, 0) is 56.2 Å². The Labute approximate surface area is 228 Å². The van der Waals surface area contributed by atoms with E-state index in [4.69, 9.17) is 26.2 Å². The summed E-state index contributed by atoms with van der Waals surface area (Å²) in [6.07, 6.45) is -1.58. The quantitative estimate of drug-likeness (QED) is 0.396. The lowest BCUT2D eigenvalue weighted by Gasteiger charge is -2.45. The second kappa shape index (κ2) is 11.5. The van der Waals surface area contributed by atoms with Crippen LogP contribution in [0.4, 0.5) is 25.4 Å². The van der Waals surface area contributed by atoms with Crippen molar-refractivity contribution in [2.24, 2.45) is 0 Å². The molecule has 2 aliphatic rings. The molecule has 11 nitrogen and oxygen atoms in total. The number of benzene rings is 2. The summed E-state index contributed by atoms with van der Waals surface area (Å²) < 4.78 is 26.2. The van der Waals surface area contributed by atoms with Crippen molar-refractivity contribution in [2.45, 2.75) is 43.9 Å². The minimum absolute atomic E-state index is 0.0769. The molecule has 4 amide bonds. The summed E-state index contributed by atoms with van der Waals surface area (Å²) in [6.45, 7) is 1.91. The molecule has 0 radical (unpaired) electrons. The number of methoxy groups -OCH3 is 1. The van der Waals surface area contributed by atoms with Crippen LogP contribution in [-0.2, 0) is 19.9 Å². The zero-order valence-electron chi connectivity index (χ0n) is 21.3. The number of nitrogens with one attached hydrogen (secondary N) is 3. The molecule has 13 heteroatoms. The topological polar surface area (TPSA) is 146 Å². The van der Waals surface area contributed by atoms with E-state index in [1.807, 2.05) is 0 Å². The number of rotatable bonds is 7. The second-order valence-corrected chi connectivity index (χ2v) is 9.88. The number of fused-ring (bicyclic) bond motifs is 2. The molecule has 1 fully saturated rings. The SMILES string of the molecule is CO[C@H](C)C[C@@H](NC(=O)c1ccc(NC(=O)O)cc1)C(=O)N1CCC[C@@]2(C1)OC(=O)Nc1ccc(Cl)c(F)c12. The van der Waals surface area contributed by atoms with E-state index in [-0.39, 0.29) is 46.9 Å². The molecule has 0 saturated carbocycles. The fourth-order valence-corrected chi connectivity index (χ4v) is 5.06. The highest BCUT2D eigenvalue weighted by Crippen LogP contribution is 2.45. The van der Waals surface area contributed by atoms with E-state index in [2.05, 4.69) is 16.0 Å².